The summed E-state index contributed by atoms with van der Waals surface area (Å²) in [7, 11) is 1.56. The summed E-state index contributed by atoms with van der Waals surface area (Å²) in [6.45, 7) is 4.02. The van der Waals surface area contributed by atoms with E-state index in [-0.39, 0.29) is 11.9 Å². The van der Waals surface area contributed by atoms with Crippen molar-refractivity contribution in [3.8, 4) is 5.75 Å². The molecule has 0 saturated carbocycles. The molecule has 0 aliphatic heterocycles. The highest BCUT2D eigenvalue weighted by atomic mass is 16.5. The molecule has 1 amide bonds. The van der Waals surface area contributed by atoms with E-state index in [1.807, 2.05) is 37.3 Å². The van der Waals surface area contributed by atoms with Gasteiger partial charge in [-0.1, -0.05) is 56.2 Å². The van der Waals surface area contributed by atoms with Crippen molar-refractivity contribution in [2.24, 2.45) is 0 Å². The topological polar surface area (TPSA) is 58.6 Å². The Kier molecular flexibility index (Phi) is 7.02. The van der Waals surface area contributed by atoms with Crippen molar-refractivity contribution in [2.45, 2.75) is 45.3 Å². The van der Waals surface area contributed by atoms with E-state index in [0.717, 1.165) is 18.4 Å². The summed E-state index contributed by atoms with van der Waals surface area (Å²) >= 11 is 0. The van der Waals surface area contributed by atoms with Gasteiger partial charge in [-0.15, -0.1) is 0 Å². The smallest absolute Gasteiger partial charge is 0.252 e. The van der Waals surface area contributed by atoms with Crippen molar-refractivity contribution >= 4 is 5.91 Å². The largest absolute Gasteiger partial charge is 0.496 e. The summed E-state index contributed by atoms with van der Waals surface area (Å²) in [5.41, 5.74) is 2.06. The number of carbonyl (C=O) groups excluding carboxylic acids is 1. The normalized spacial score (nSPS) is 13.1. The zero-order chi connectivity index (χ0) is 18.2. The van der Waals surface area contributed by atoms with Gasteiger partial charge in [-0.2, -0.15) is 0 Å². The third kappa shape index (κ3) is 4.83. The number of nitrogens with one attached hydrogen (secondary N) is 1. The average molecular weight is 341 g/mol. The first-order valence-electron chi connectivity index (χ1n) is 8.79. The predicted octanol–water partition coefficient (Wildman–Crippen LogP) is 4.41. The van der Waals surface area contributed by atoms with E-state index in [1.54, 1.807) is 25.3 Å². The van der Waals surface area contributed by atoms with Crippen molar-refractivity contribution in [1.82, 2.24) is 5.32 Å². The van der Waals surface area contributed by atoms with Crippen LogP contribution < -0.4 is 10.1 Å². The third-order valence-electron chi connectivity index (χ3n) is 4.34. The van der Waals surface area contributed by atoms with Crippen LogP contribution >= 0.6 is 0 Å². The fourth-order valence-corrected chi connectivity index (χ4v) is 2.90. The molecule has 0 radical (unpaired) electrons. The number of methoxy groups -OCH3 is 1. The Labute approximate surface area is 149 Å². The second-order valence-corrected chi connectivity index (χ2v) is 6.19. The Morgan fingerprint density at radius 1 is 1.16 bits per heavy atom. The van der Waals surface area contributed by atoms with Crippen LogP contribution in [0.25, 0.3) is 0 Å². The number of hydrogen-bond acceptors (Lipinski definition) is 3. The van der Waals surface area contributed by atoms with Crippen LogP contribution in [0.3, 0.4) is 0 Å². The quantitative estimate of drug-likeness (QED) is 0.748. The molecular weight excluding hydrogens is 314 g/mol. The molecule has 2 aromatic carbocycles. The maximum atomic E-state index is 12.8. The van der Waals surface area contributed by atoms with Gasteiger partial charge in [0.1, 0.15) is 5.75 Å². The zero-order valence-electron chi connectivity index (χ0n) is 15.2. The van der Waals surface area contributed by atoms with Crippen LogP contribution in [0.4, 0.5) is 0 Å². The van der Waals surface area contributed by atoms with E-state index in [0.29, 0.717) is 23.3 Å². The number of aliphatic hydroxyl groups is 1. The van der Waals surface area contributed by atoms with Gasteiger partial charge in [-0.25, -0.2) is 0 Å². The first kappa shape index (κ1) is 19.0. The Bertz CT molecular complexity index is 685. The average Bonchev–Trinajstić information content (AvgIpc) is 2.65. The van der Waals surface area contributed by atoms with E-state index in [4.69, 9.17) is 4.74 Å². The molecule has 134 valence electrons. The van der Waals surface area contributed by atoms with Crippen LogP contribution in [0.1, 0.15) is 66.7 Å². The van der Waals surface area contributed by atoms with Crippen LogP contribution in [0, 0.1) is 0 Å². The van der Waals surface area contributed by atoms with Gasteiger partial charge in [-0.05, 0) is 31.0 Å². The van der Waals surface area contributed by atoms with E-state index < -0.39 is 6.10 Å². The lowest BCUT2D eigenvalue weighted by Crippen LogP contribution is -2.28. The molecule has 0 spiro atoms. The molecule has 4 nitrogen and oxygen atoms in total. The van der Waals surface area contributed by atoms with E-state index in [9.17, 15) is 9.90 Å². The maximum Gasteiger partial charge on any atom is 0.252 e. The van der Waals surface area contributed by atoms with Gasteiger partial charge in [0.05, 0.1) is 19.3 Å². The van der Waals surface area contributed by atoms with Crippen LogP contribution in [0.5, 0.6) is 5.75 Å². The van der Waals surface area contributed by atoms with Gasteiger partial charge in [0.25, 0.3) is 5.91 Å². The first-order chi connectivity index (χ1) is 12.1. The predicted molar refractivity (Wildman–Crippen MR) is 99.8 cm³/mol. The summed E-state index contributed by atoms with van der Waals surface area (Å²) in [5, 5.41) is 13.6. The number of carbonyl (C=O) groups is 1. The Morgan fingerprint density at radius 3 is 2.52 bits per heavy atom. The molecule has 0 aliphatic carbocycles. The maximum absolute atomic E-state index is 12.8. The zero-order valence-corrected chi connectivity index (χ0v) is 15.2. The molecule has 2 N–H and O–H groups in total. The molecule has 2 atom stereocenters. The second-order valence-electron chi connectivity index (χ2n) is 6.19. The number of benzene rings is 2. The number of hydrogen-bond donors (Lipinski definition) is 2. The van der Waals surface area contributed by atoms with Crippen molar-refractivity contribution in [3.05, 3.63) is 65.2 Å². The minimum Gasteiger partial charge on any atom is -0.496 e. The first-order valence-corrected chi connectivity index (χ1v) is 8.79. The molecule has 0 bridgehead atoms. The highest BCUT2D eigenvalue weighted by Crippen LogP contribution is 2.32. The monoisotopic (exact) mass is 341 g/mol. The minimum atomic E-state index is -0.719. The Balaban J connectivity index is 2.26. The third-order valence-corrected chi connectivity index (χ3v) is 4.34. The van der Waals surface area contributed by atoms with Crippen LogP contribution in [-0.2, 0) is 0 Å². The molecule has 2 rings (SSSR count). The van der Waals surface area contributed by atoms with Crippen LogP contribution in [-0.4, -0.2) is 18.1 Å². The number of amides is 1. The van der Waals surface area contributed by atoms with Crippen LogP contribution in [0.2, 0.25) is 0 Å². The Morgan fingerprint density at radius 2 is 1.88 bits per heavy atom. The fraction of sp³-hybridized carbons (Fsp3) is 0.381. The van der Waals surface area contributed by atoms with Gasteiger partial charge < -0.3 is 15.2 Å². The number of unbranched alkanes of at least 4 members (excludes halogenated alkanes) is 1. The molecule has 0 saturated heterocycles. The summed E-state index contributed by atoms with van der Waals surface area (Å²) in [5.74, 6) is 0.337. The number of ether oxygens (including phenoxy) is 1. The van der Waals surface area contributed by atoms with Gasteiger partial charge in [0, 0.05) is 11.1 Å². The lowest BCUT2D eigenvalue weighted by molar-refractivity contribution is 0.0929. The van der Waals surface area contributed by atoms with E-state index in [2.05, 4.69) is 12.2 Å². The van der Waals surface area contributed by atoms with E-state index >= 15 is 0 Å². The molecule has 0 fully saturated rings. The molecule has 0 heterocycles. The summed E-state index contributed by atoms with van der Waals surface area (Å²) in [4.78, 5) is 12.8. The van der Waals surface area contributed by atoms with Gasteiger partial charge >= 0.3 is 0 Å². The van der Waals surface area contributed by atoms with Gasteiger partial charge in [-0.3, -0.25) is 4.79 Å². The highest BCUT2D eigenvalue weighted by Gasteiger charge is 2.22. The van der Waals surface area contributed by atoms with Crippen molar-refractivity contribution in [2.75, 3.05) is 7.11 Å². The SMILES string of the molecule is CCCC[C@H](O)c1c(OC)cccc1C(=O)N[C@@H](C)c1ccccc1. The Hall–Kier alpha value is -2.33. The van der Waals surface area contributed by atoms with Gasteiger partial charge in [0.15, 0.2) is 0 Å². The molecule has 0 aliphatic rings. The van der Waals surface area contributed by atoms with Gasteiger partial charge in [0.2, 0.25) is 0 Å². The molecule has 4 heteroatoms. The minimum absolute atomic E-state index is 0.125. The van der Waals surface area contributed by atoms with E-state index in [1.165, 1.54) is 0 Å². The standard InChI is InChI=1S/C21H27NO3/c1-4-5-13-18(23)20-17(12-9-14-19(20)25-3)21(24)22-15(2)16-10-7-6-8-11-16/h6-12,14-15,18,23H,4-5,13H2,1-3H3,(H,22,24)/t15-,18-/m0/s1. The van der Waals surface area contributed by atoms with Crippen molar-refractivity contribution < 1.29 is 14.6 Å². The lowest BCUT2D eigenvalue weighted by atomic mass is 9.96. The second kappa shape index (κ2) is 9.23. The number of aliphatic hydroxyl groups excluding tert-OH is 1. The molecular formula is C21H27NO3. The van der Waals surface area contributed by atoms with Crippen LogP contribution in [0.15, 0.2) is 48.5 Å². The molecule has 0 unspecified atom stereocenters. The van der Waals surface area contributed by atoms with Crippen molar-refractivity contribution in [1.29, 1.82) is 0 Å². The number of rotatable bonds is 8. The highest BCUT2D eigenvalue weighted by molar-refractivity contribution is 5.96. The lowest BCUT2D eigenvalue weighted by Gasteiger charge is -2.20. The summed E-state index contributed by atoms with van der Waals surface area (Å²) < 4.78 is 5.39. The molecule has 25 heavy (non-hydrogen) atoms. The summed E-state index contributed by atoms with van der Waals surface area (Å²) in [6, 6.07) is 15.0. The van der Waals surface area contributed by atoms with Crippen molar-refractivity contribution in [3.63, 3.8) is 0 Å². The summed E-state index contributed by atoms with van der Waals surface area (Å²) in [6.07, 6.45) is 1.76. The fourth-order valence-electron chi connectivity index (χ4n) is 2.90. The molecule has 0 aromatic heterocycles. The molecule has 2 aromatic rings.